The number of nitrogens with zero attached hydrogens (tertiary/aromatic N) is 1. The lowest BCUT2D eigenvalue weighted by atomic mass is 9.71. The van der Waals surface area contributed by atoms with Crippen LogP contribution in [-0.2, 0) is 11.2 Å². The van der Waals surface area contributed by atoms with Gasteiger partial charge >= 0.3 is 0 Å². The highest BCUT2D eigenvalue weighted by molar-refractivity contribution is 7.07. The Morgan fingerprint density at radius 2 is 2.38 bits per heavy atom. The van der Waals surface area contributed by atoms with Gasteiger partial charge in [-0.05, 0) is 48.1 Å². The number of thiophene rings is 1. The molecule has 0 N–H and O–H groups in total. The zero-order chi connectivity index (χ0) is 11.4. The van der Waals surface area contributed by atoms with Gasteiger partial charge in [-0.15, -0.1) is 0 Å². The van der Waals surface area contributed by atoms with Crippen LogP contribution in [0.4, 0.5) is 0 Å². The third kappa shape index (κ3) is 2.17. The first kappa shape index (κ1) is 11.3. The minimum Gasteiger partial charge on any atom is -0.298 e. The number of hydrogen-bond donors (Lipinski definition) is 0. The third-order valence-electron chi connectivity index (χ3n) is 3.43. The van der Waals surface area contributed by atoms with Crippen LogP contribution in [0.2, 0.25) is 0 Å². The molecule has 0 aromatic carbocycles. The van der Waals surface area contributed by atoms with Crippen LogP contribution in [0.15, 0.2) is 16.8 Å². The van der Waals surface area contributed by atoms with Crippen molar-refractivity contribution in [3.63, 3.8) is 0 Å². The van der Waals surface area contributed by atoms with Gasteiger partial charge in [0.25, 0.3) is 0 Å². The Bertz CT molecular complexity index is 404. The van der Waals surface area contributed by atoms with Gasteiger partial charge in [0.15, 0.2) is 5.78 Å². The lowest BCUT2D eigenvalue weighted by Gasteiger charge is -2.28. The number of Topliss-reactive ketones (excluding diaryl/α,β-unsaturated/α-hetero) is 1. The SMILES string of the molecule is N#CC1(CCc2ccsc2)CCCCC1=O. The van der Waals surface area contributed by atoms with Crippen molar-refractivity contribution in [2.24, 2.45) is 5.41 Å². The zero-order valence-electron chi connectivity index (χ0n) is 9.24. The van der Waals surface area contributed by atoms with Gasteiger partial charge in [-0.2, -0.15) is 16.6 Å². The van der Waals surface area contributed by atoms with Gasteiger partial charge in [-0.3, -0.25) is 4.79 Å². The Balaban J connectivity index is 2.04. The number of rotatable bonds is 3. The van der Waals surface area contributed by atoms with E-state index in [4.69, 9.17) is 0 Å². The molecule has 0 saturated heterocycles. The van der Waals surface area contributed by atoms with Gasteiger partial charge in [0, 0.05) is 6.42 Å². The molecule has 1 aromatic heterocycles. The molecular weight excluding hydrogens is 218 g/mol. The lowest BCUT2D eigenvalue weighted by Crippen LogP contribution is -2.33. The summed E-state index contributed by atoms with van der Waals surface area (Å²) in [6.07, 6.45) is 4.87. The van der Waals surface area contributed by atoms with Crippen LogP contribution in [0.5, 0.6) is 0 Å². The second-order valence-corrected chi connectivity index (χ2v) is 5.24. The number of aryl methyl sites for hydroxylation is 1. The molecule has 16 heavy (non-hydrogen) atoms. The maximum atomic E-state index is 11.9. The van der Waals surface area contributed by atoms with E-state index in [9.17, 15) is 10.1 Å². The highest BCUT2D eigenvalue weighted by atomic mass is 32.1. The Labute approximate surface area is 99.9 Å². The maximum absolute atomic E-state index is 11.9. The first-order valence-corrected chi connectivity index (χ1v) is 6.67. The Morgan fingerprint density at radius 1 is 1.50 bits per heavy atom. The molecule has 1 fully saturated rings. The fourth-order valence-electron chi connectivity index (χ4n) is 2.32. The number of carbonyl (C=O) groups excluding carboxylic acids is 1. The van der Waals surface area contributed by atoms with E-state index >= 15 is 0 Å². The second kappa shape index (κ2) is 4.80. The molecule has 2 rings (SSSR count). The van der Waals surface area contributed by atoms with Gasteiger partial charge in [-0.1, -0.05) is 6.42 Å². The molecule has 1 atom stereocenters. The fraction of sp³-hybridized carbons (Fsp3) is 0.538. The molecule has 3 heteroatoms. The molecule has 84 valence electrons. The molecular formula is C13H15NOS. The minimum atomic E-state index is -0.680. The molecule has 1 aliphatic carbocycles. The van der Waals surface area contributed by atoms with E-state index in [0.29, 0.717) is 12.8 Å². The first-order chi connectivity index (χ1) is 7.77. The average molecular weight is 233 g/mol. The van der Waals surface area contributed by atoms with Crippen molar-refractivity contribution in [3.05, 3.63) is 22.4 Å². The second-order valence-electron chi connectivity index (χ2n) is 4.46. The van der Waals surface area contributed by atoms with E-state index in [1.165, 1.54) is 5.56 Å². The van der Waals surface area contributed by atoms with E-state index < -0.39 is 5.41 Å². The summed E-state index contributed by atoms with van der Waals surface area (Å²) in [4.78, 5) is 11.9. The zero-order valence-corrected chi connectivity index (χ0v) is 10.1. The van der Waals surface area contributed by atoms with Crippen molar-refractivity contribution in [2.45, 2.75) is 38.5 Å². The summed E-state index contributed by atoms with van der Waals surface area (Å²) in [6.45, 7) is 0. The normalized spacial score (nSPS) is 25.3. The number of nitriles is 1. The Hall–Kier alpha value is -1.14. The summed E-state index contributed by atoms with van der Waals surface area (Å²) in [5.74, 6) is 0.163. The molecule has 1 aromatic rings. The molecule has 0 spiro atoms. The molecule has 1 unspecified atom stereocenters. The third-order valence-corrected chi connectivity index (χ3v) is 4.16. The van der Waals surface area contributed by atoms with E-state index in [1.54, 1.807) is 11.3 Å². The number of ketones is 1. The van der Waals surface area contributed by atoms with Gasteiger partial charge in [0.05, 0.1) is 6.07 Å². The minimum absolute atomic E-state index is 0.163. The van der Waals surface area contributed by atoms with E-state index in [2.05, 4.69) is 17.5 Å². The molecule has 1 saturated carbocycles. The molecule has 0 amide bonds. The predicted molar refractivity (Wildman–Crippen MR) is 64.2 cm³/mol. The fourth-order valence-corrected chi connectivity index (χ4v) is 3.03. The summed E-state index contributed by atoms with van der Waals surface area (Å²) in [7, 11) is 0. The van der Waals surface area contributed by atoms with Crippen LogP contribution >= 0.6 is 11.3 Å². The smallest absolute Gasteiger partial charge is 0.153 e. The van der Waals surface area contributed by atoms with Crippen LogP contribution in [0.25, 0.3) is 0 Å². The molecule has 2 nitrogen and oxygen atoms in total. The van der Waals surface area contributed by atoms with E-state index in [-0.39, 0.29) is 5.78 Å². The van der Waals surface area contributed by atoms with Crippen molar-refractivity contribution in [3.8, 4) is 6.07 Å². The highest BCUT2D eigenvalue weighted by Crippen LogP contribution is 2.36. The standard InChI is InChI=1S/C13H15NOS/c14-10-13(6-2-1-3-12(13)15)7-4-11-5-8-16-9-11/h5,8-9H,1-4,6-7H2. The number of hydrogen-bond acceptors (Lipinski definition) is 3. The van der Waals surface area contributed by atoms with Crippen LogP contribution in [0.1, 0.15) is 37.7 Å². The predicted octanol–water partition coefficient (Wildman–Crippen LogP) is 3.33. The van der Waals surface area contributed by atoms with E-state index in [1.807, 2.05) is 5.38 Å². The van der Waals surface area contributed by atoms with Crippen molar-refractivity contribution >= 4 is 17.1 Å². The topological polar surface area (TPSA) is 40.9 Å². The van der Waals surface area contributed by atoms with Crippen molar-refractivity contribution in [1.29, 1.82) is 5.26 Å². The lowest BCUT2D eigenvalue weighted by molar-refractivity contribution is -0.128. The first-order valence-electron chi connectivity index (χ1n) is 5.72. The quantitative estimate of drug-likeness (QED) is 0.803. The number of carbonyl (C=O) groups is 1. The van der Waals surface area contributed by atoms with Gasteiger partial charge < -0.3 is 0 Å². The molecule has 0 aliphatic heterocycles. The molecule has 1 aliphatic rings. The van der Waals surface area contributed by atoms with Crippen LogP contribution in [-0.4, -0.2) is 5.78 Å². The summed E-state index contributed by atoms with van der Waals surface area (Å²) in [5, 5.41) is 13.4. The van der Waals surface area contributed by atoms with Gasteiger partial charge in [0.2, 0.25) is 0 Å². The largest absolute Gasteiger partial charge is 0.298 e. The molecule has 0 bridgehead atoms. The van der Waals surface area contributed by atoms with Gasteiger partial charge in [0.1, 0.15) is 5.41 Å². The van der Waals surface area contributed by atoms with Crippen molar-refractivity contribution < 1.29 is 4.79 Å². The molecule has 0 radical (unpaired) electrons. The molecule has 1 heterocycles. The maximum Gasteiger partial charge on any atom is 0.153 e. The van der Waals surface area contributed by atoms with Crippen molar-refractivity contribution in [2.75, 3.05) is 0 Å². The summed E-state index contributed by atoms with van der Waals surface area (Å²) in [6, 6.07) is 4.36. The van der Waals surface area contributed by atoms with Gasteiger partial charge in [-0.25, -0.2) is 0 Å². The van der Waals surface area contributed by atoms with Crippen LogP contribution in [0.3, 0.4) is 0 Å². The monoisotopic (exact) mass is 233 g/mol. The Morgan fingerprint density at radius 3 is 3.00 bits per heavy atom. The summed E-state index contributed by atoms with van der Waals surface area (Å²) in [5.41, 5.74) is 0.568. The van der Waals surface area contributed by atoms with E-state index in [0.717, 1.165) is 25.7 Å². The summed E-state index contributed by atoms with van der Waals surface area (Å²) < 4.78 is 0. The summed E-state index contributed by atoms with van der Waals surface area (Å²) >= 11 is 1.67. The van der Waals surface area contributed by atoms with Crippen molar-refractivity contribution in [1.82, 2.24) is 0 Å². The van der Waals surface area contributed by atoms with Crippen LogP contribution < -0.4 is 0 Å². The Kier molecular flexibility index (Phi) is 3.40. The highest BCUT2D eigenvalue weighted by Gasteiger charge is 2.39. The van der Waals surface area contributed by atoms with Crippen LogP contribution in [0, 0.1) is 16.7 Å². The average Bonchev–Trinajstić information content (AvgIpc) is 2.82.